The van der Waals surface area contributed by atoms with Gasteiger partial charge in [-0.2, -0.15) is 4.39 Å². The van der Waals surface area contributed by atoms with Crippen LogP contribution >= 0.6 is 11.6 Å². The van der Waals surface area contributed by atoms with Crippen LogP contribution in [0.2, 0.25) is 5.02 Å². The molecule has 1 amide bonds. The minimum absolute atomic E-state index is 0.0498. The fourth-order valence-electron chi connectivity index (χ4n) is 6.39. The third-order valence-electron chi connectivity index (χ3n) is 8.87. The van der Waals surface area contributed by atoms with Crippen LogP contribution in [0, 0.1) is 17.5 Å². The molecular weight excluding hydrogens is 587 g/mol. The Morgan fingerprint density at radius 1 is 1.02 bits per heavy atom. The fourth-order valence-corrected chi connectivity index (χ4v) is 6.59. The highest BCUT2D eigenvalue weighted by Crippen LogP contribution is 2.38. The van der Waals surface area contributed by atoms with E-state index in [0.29, 0.717) is 24.4 Å². The molecule has 2 fully saturated rings. The normalized spacial score (nSPS) is 20.1. The number of hydrogen-bond donors (Lipinski definition) is 1. The Kier molecular flexibility index (Phi) is 9.31. The van der Waals surface area contributed by atoms with Gasteiger partial charge in [0.05, 0.1) is 12.6 Å². The van der Waals surface area contributed by atoms with Gasteiger partial charge in [-0.05, 0) is 79.1 Å². The van der Waals surface area contributed by atoms with Gasteiger partial charge in [0.25, 0.3) is 5.91 Å². The number of nitrogens with zero attached hydrogens (tertiary/aromatic N) is 2. The number of carbonyl (C=O) groups is 1. The molecule has 0 radical (unpaired) electrons. The van der Waals surface area contributed by atoms with Crippen molar-refractivity contribution in [3.8, 4) is 5.75 Å². The van der Waals surface area contributed by atoms with Crippen molar-refractivity contribution in [1.29, 1.82) is 0 Å². The van der Waals surface area contributed by atoms with Gasteiger partial charge in [-0.15, -0.1) is 0 Å². The number of benzene rings is 3. The van der Waals surface area contributed by atoms with Gasteiger partial charge in [0.1, 0.15) is 0 Å². The Bertz CT molecular complexity index is 1540. The number of halogens is 4. The van der Waals surface area contributed by atoms with Crippen LogP contribution in [0.15, 0.2) is 66.2 Å². The molecule has 2 atom stereocenters. The molecule has 44 heavy (non-hydrogen) atoms. The second kappa shape index (κ2) is 13.3. The third kappa shape index (κ3) is 6.67. The molecule has 2 aliphatic heterocycles. The largest absolute Gasteiger partial charge is 0.488 e. The van der Waals surface area contributed by atoms with E-state index in [-0.39, 0.29) is 30.6 Å². The number of ether oxygens (including phenoxy) is 1. The Morgan fingerprint density at radius 3 is 2.50 bits per heavy atom. The summed E-state index contributed by atoms with van der Waals surface area (Å²) in [5, 5.41) is 4.41. The van der Waals surface area contributed by atoms with Crippen LogP contribution in [0.1, 0.15) is 49.3 Å². The first kappa shape index (κ1) is 30.7. The van der Waals surface area contributed by atoms with Crippen LogP contribution in [0.5, 0.6) is 5.75 Å². The van der Waals surface area contributed by atoms with Crippen molar-refractivity contribution in [2.45, 2.75) is 63.7 Å². The van der Waals surface area contributed by atoms with E-state index in [1.54, 1.807) is 0 Å². The van der Waals surface area contributed by atoms with Gasteiger partial charge in [-0.1, -0.05) is 61.0 Å². The van der Waals surface area contributed by atoms with Crippen molar-refractivity contribution in [1.82, 2.24) is 15.1 Å². The van der Waals surface area contributed by atoms with Crippen LogP contribution < -0.4 is 10.1 Å². The van der Waals surface area contributed by atoms with Crippen molar-refractivity contribution in [3.05, 3.63) is 105 Å². The molecule has 3 aliphatic rings. The number of likely N-dealkylation sites (N-methyl/N-ethyl adjacent to an activating group) is 1. The Hall–Kier alpha value is -3.33. The van der Waals surface area contributed by atoms with Crippen LogP contribution in [-0.4, -0.2) is 60.1 Å². The molecule has 0 spiro atoms. The maximum Gasteiger partial charge on any atom is 0.252 e. The molecule has 1 aliphatic carbocycles. The SMILES string of the molecule is CCN1CC2CC(c3ccc(CCCOc4c(F)ccc(F)c4F)cc3)=C(C(=O)N(Cc3ccccc3Cl)C3CC3)C(C1)N2. The first-order chi connectivity index (χ1) is 21.3. The summed E-state index contributed by atoms with van der Waals surface area (Å²) < 4.78 is 46.4. The summed E-state index contributed by atoms with van der Waals surface area (Å²) in [4.78, 5) is 18.9. The van der Waals surface area contributed by atoms with E-state index < -0.39 is 23.2 Å². The first-order valence-electron chi connectivity index (χ1n) is 15.4. The average Bonchev–Trinajstić information content (AvgIpc) is 3.87. The van der Waals surface area contributed by atoms with E-state index in [1.807, 2.05) is 41.3 Å². The predicted molar refractivity (Wildman–Crippen MR) is 166 cm³/mol. The second-order valence-electron chi connectivity index (χ2n) is 11.9. The number of nitrogens with one attached hydrogen (secondary N) is 1. The van der Waals surface area contributed by atoms with Crippen molar-refractivity contribution in [3.63, 3.8) is 0 Å². The quantitative estimate of drug-likeness (QED) is 0.189. The van der Waals surface area contributed by atoms with Gasteiger partial charge in [-0.3, -0.25) is 4.79 Å². The molecule has 2 heterocycles. The van der Waals surface area contributed by atoms with E-state index in [9.17, 15) is 18.0 Å². The standard InChI is InChI=1S/C35H37ClF3N3O2/c1-2-41-20-25-18-27(23-11-9-22(10-12-23)6-5-17-44-34-30(38)16-15-29(37)33(34)39)32(31(21-41)40-25)35(43)42(26-13-14-26)19-24-7-3-4-8-28(24)36/h3-4,7-12,15-16,25-26,31,40H,2,5-6,13-14,17-21H2,1H3. The Balaban J connectivity index is 1.22. The number of rotatable bonds is 11. The molecule has 2 unspecified atom stereocenters. The van der Waals surface area contributed by atoms with Crippen LogP contribution in [-0.2, 0) is 17.8 Å². The summed E-state index contributed by atoms with van der Waals surface area (Å²) in [7, 11) is 0. The lowest BCUT2D eigenvalue weighted by atomic mass is 9.82. The van der Waals surface area contributed by atoms with Gasteiger partial charge < -0.3 is 19.9 Å². The summed E-state index contributed by atoms with van der Waals surface area (Å²) in [6.45, 7) is 5.36. The van der Waals surface area contributed by atoms with Crippen molar-refractivity contribution in [2.24, 2.45) is 0 Å². The number of amides is 1. The molecular formula is C35H37ClF3N3O2. The molecule has 3 aromatic rings. The summed E-state index contributed by atoms with van der Waals surface area (Å²) in [6, 6.07) is 18.0. The second-order valence-corrected chi connectivity index (χ2v) is 12.3. The lowest BCUT2D eigenvalue weighted by Crippen LogP contribution is -2.61. The van der Waals surface area contributed by atoms with Crippen molar-refractivity contribution in [2.75, 3.05) is 26.2 Å². The van der Waals surface area contributed by atoms with E-state index in [2.05, 4.69) is 29.3 Å². The fraction of sp³-hybridized carbons (Fsp3) is 0.400. The monoisotopic (exact) mass is 623 g/mol. The zero-order chi connectivity index (χ0) is 30.8. The number of carbonyl (C=O) groups excluding carboxylic acids is 1. The van der Waals surface area contributed by atoms with Crippen LogP contribution in [0.4, 0.5) is 13.2 Å². The molecule has 5 nitrogen and oxygen atoms in total. The highest BCUT2D eigenvalue weighted by atomic mass is 35.5. The first-order valence-corrected chi connectivity index (χ1v) is 15.8. The predicted octanol–water partition coefficient (Wildman–Crippen LogP) is 6.78. The van der Waals surface area contributed by atoms with E-state index >= 15 is 0 Å². The maximum absolute atomic E-state index is 14.5. The Morgan fingerprint density at radius 2 is 1.77 bits per heavy atom. The smallest absolute Gasteiger partial charge is 0.252 e. The molecule has 1 saturated heterocycles. The van der Waals surface area contributed by atoms with Crippen LogP contribution in [0.25, 0.3) is 5.57 Å². The highest BCUT2D eigenvalue weighted by molar-refractivity contribution is 6.31. The van der Waals surface area contributed by atoms with Gasteiger partial charge in [0.15, 0.2) is 17.4 Å². The minimum Gasteiger partial charge on any atom is -0.488 e. The zero-order valence-electron chi connectivity index (χ0n) is 24.8. The molecule has 232 valence electrons. The molecule has 1 saturated carbocycles. The highest BCUT2D eigenvalue weighted by Gasteiger charge is 2.42. The molecule has 9 heteroatoms. The van der Waals surface area contributed by atoms with Gasteiger partial charge in [-0.25, -0.2) is 8.78 Å². The van der Waals surface area contributed by atoms with Crippen LogP contribution in [0.3, 0.4) is 0 Å². The molecule has 2 bridgehead atoms. The lowest BCUT2D eigenvalue weighted by Gasteiger charge is -2.45. The van der Waals surface area contributed by atoms with Gasteiger partial charge in [0.2, 0.25) is 5.82 Å². The molecule has 1 N–H and O–H groups in total. The molecule has 6 rings (SSSR count). The number of hydrogen-bond acceptors (Lipinski definition) is 4. The van der Waals surface area contributed by atoms with Gasteiger partial charge >= 0.3 is 0 Å². The minimum atomic E-state index is -1.31. The number of fused-ring (bicyclic) bond motifs is 2. The van der Waals surface area contributed by atoms with E-state index in [4.69, 9.17) is 16.3 Å². The summed E-state index contributed by atoms with van der Waals surface area (Å²) in [5.41, 5.74) is 4.96. The summed E-state index contributed by atoms with van der Waals surface area (Å²) in [5.74, 6) is -3.98. The third-order valence-corrected chi connectivity index (χ3v) is 9.23. The maximum atomic E-state index is 14.5. The topological polar surface area (TPSA) is 44.8 Å². The zero-order valence-corrected chi connectivity index (χ0v) is 25.6. The van der Waals surface area contributed by atoms with Gasteiger partial charge in [0, 0.05) is 42.3 Å². The summed E-state index contributed by atoms with van der Waals surface area (Å²) in [6.07, 6.45) is 3.88. The lowest BCUT2D eigenvalue weighted by molar-refractivity contribution is -0.128. The van der Waals surface area contributed by atoms with Crippen molar-refractivity contribution >= 4 is 23.1 Å². The summed E-state index contributed by atoms with van der Waals surface area (Å²) >= 11 is 6.52. The average molecular weight is 624 g/mol. The molecule has 3 aromatic carbocycles. The molecule has 0 aromatic heterocycles. The van der Waals surface area contributed by atoms with E-state index in [0.717, 1.165) is 78.9 Å². The number of aryl methyl sites for hydroxylation is 1. The van der Waals surface area contributed by atoms with Crippen molar-refractivity contribution < 1.29 is 22.7 Å². The Labute approximate surface area is 261 Å². The van der Waals surface area contributed by atoms with E-state index in [1.165, 1.54) is 0 Å². The number of piperazine rings is 1.